The van der Waals surface area contributed by atoms with E-state index in [1.54, 1.807) is 24.3 Å². The first-order chi connectivity index (χ1) is 18.4. The largest absolute Gasteiger partial charge is 0.489 e. The summed E-state index contributed by atoms with van der Waals surface area (Å²) in [6, 6.07) is 12.9. The lowest BCUT2D eigenvalue weighted by molar-refractivity contribution is -0.120. The summed E-state index contributed by atoms with van der Waals surface area (Å²) >= 11 is 0. The van der Waals surface area contributed by atoms with Crippen LogP contribution in [0, 0.1) is 12.3 Å². The molecule has 1 atom stereocenters. The van der Waals surface area contributed by atoms with Gasteiger partial charge in [0.15, 0.2) is 0 Å². The van der Waals surface area contributed by atoms with E-state index in [1.807, 2.05) is 25.1 Å². The van der Waals surface area contributed by atoms with Gasteiger partial charge in [-0.2, -0.15) is 9.78 Å². The minimum atomic E-state index is -0.831. The van der Waals surface area contributed by atoms with E-state index < -0.39 is 12.1 Å². The van der Waals surface area contributed by atoms with Crippen molar-refractivity contribution in [3.8, 4) is 5.75 Å². The summed E-state index contributed by atoms with van der Waals surface area (Å²) in [5, 5.41) is 7.01. The number of amides is 2. The molecule has 3 aromatic rings. The Morgan fingerprint density at radius 1 is 1.11 bits per heavy atom. The molecule has 2 saturated heterocycles. The normalized spacial score (nSPS) is 20.4. The minimum absolute atomic E-state index is 0.0458. The van der Waals surface area contributed by atoms with Crippen LogP contribution in [0.25, 0.3) is 0 Å². The van der Waals surface area contributed by atoms with Crippen molar-refractivity contribution in [1.82, 2.24) is 15.1 Å². The van der Waals surface area contributed by atoms with E-state index >= 15 is 0 Å². The molecule has 0 bridgehead atoms. The predicted molar refractivity (Wildman–Crippen MR) is 144 cm³/mol. The monoisotopic (exact) mass is 515 g/mol. The van der Waals surface area contributed by atoms with Crippen LogP contribution >= 0.6 is 0 Å². The first-order valence-corrected chi connectivity index (χ1v) is 13.2. The molecule has 6 rings (SSSR count). The molecule has 1 N–H and O–H groups in total. The maximum absolute atomic E-state index is 13.2. The van der Waals surface area contributed by atoms with E-state index in [4.69, 9.17) is 9.47 Å². The maximum atomic E-state index is 13.2. The number of nitrogens with one attached hydrogen (secondary N) is 1. The topological polar surface area (TPSA) is 88.9 Å². The number of aromatic nitrogens is 2. The molecule has 2 aromatic carbocycles. The molecule has 3 aliphatic rings. The minimum Gasteiger partial charge on any atom is -0.489 e. The number of nitrogens with zero attached hydrogens (tertiary/aromatic N) is 4. The smallest absolute Gasteiger partial charge is 0.342 e. The van der Waals surface area contributed by atoms with Gasteiger partial charge in [-0.1, -0.05) is 29.8 Å². The molecule has 3 aliphatic heterocycles. The third-order valence-corrected chi connectivity index (χ3v) is 7.98. The number of ether oxygens (including phenoxy) is 2. The van der Waals surface area contributed by atoms with Gasteiger partial charge >= 0.3 is 6.03 Å². The number of likely N-dealkylation sites (N-methyl/N-ethyl adjacent to an activating group) is 1. The van der Waals surface area contributed by atoms with E-state index in [1.165, 1.54) is 10.2 Å². The molecule has 0 unspecified atom stereocenters. The third-order valence-electron chi connectivity index (χ3n) is 7.98. The van der Waals surface area contributed by atoms with Crippen LogP contribution in [0.4, 0.5) is 16.2 Å². The van der Waals surface area contributed by atoms with Crippen LogP contribution in [0.3, 0.4) is 0 Å². The summed E-state index contributed by atoms with van der Waals surface area (Å²) in [5.74, 6) is 0.407. The number of hydrogen-bond donors (Lipinski definition) is 1. The molecule has 9 nitrogen and oxygen atoms in total. The van der Waals surface area contributed by atoms with E-state index in [9.17, 15) is 9.59 Å². The Hall–Kier alpha value is -3.85. The van der Waals surface area contributed by atoms with Crippen molar-refractivity contribution in [3.05, 3.63) is 71.5 Å². The number of benzene rings is 2. The molecule has 0 radical (unpaired) electrons. The zero-order chi connectivity index (χ0) is 26.3. The van der Waals surface area contributed by atoms with E-state index in [0.717, 1.165) is 56.0 Å². The number of fused-ring (bicyclic) bond motifs is 1. The molecule has 2 fully saturated rings. The van der Waals surface area contributed by atoms with E-state index in [0.29, 0.717) is 23.3 Å². The molecular weight excluding hydrogens is 482 g/mol. The lowest BCUT2D eigenvalue weighted by Gasteiger charge is -2.53. The van der Waals surface area contributed by atoms with Gasteiger partial charge < -0.3 is 24.6 Å². The molecule has 38 heavy (non-hydrogen) atoms. The summed E-state index contributed by atoms with van der Waals surface area (Å²) in [7, 11) is 1.71. The lowest BCUT2D eigenvalue weighted by atomic mass is 9.73. The Kier molecular flexibility index (Phi) is 6.31. The summed E-state index contributed by atoms with van der Waals surface area (Å²) in [6.45, 7) is 5.80. The predicted octanol–water partition coefficient (Wildman–Crippen LogP) is 3.38. The highest BCUT2D eigenvalue weighted by Gasteiger charge is 2.44. The fourth-order valence-electron chi connectivity index (χ4n) is 5.58. The van der Waals surface area contributed by atoms with Crippen LogP contribution in [0.1, 0.15) is 29.5 Å². The van der Waals surface area contributed by atoms with Crippen molar-refractivity contribution >= 4 is 23.3 Å². The zero-order valence-electron chi connectivity index (χ0n) is 21.9. The highest BCUT2D eigenvalue weighted by atomic mass is 16.5. The van der Waals surface area contributed by atoms with Crippen LogP contribution in [0.2, 0.25) is 0 Å². The molecular formula is C29H33N5O4. The molecule has 2 amide bonds. The molecule has 0 aliphatic carbocycles. The van der Waals surface area contributed by atoms with Crippen LogP contribution in [0.5, 0.6) is 5.75 Å². The number of carbonyl (C=O) groups is 2. The van der Waals surface area contributed by atoms with Crippen LogP contribution in [-0.4, -0.2) is 67.7 Å². The van der Waals surface area contributed by atoms with Gasteiger partial charge in [-0.05, 0) is 43.0 Å². The zero-order valence-corrected chi connectivity index (χ0v) is 21.9. The van der Waals surface area contributed by atoms with Gasteiger partial charge in [0.2, 0.25) is 0 Å². The summed E-state index contributed by atoms with van der Waals surface area (Å²) in [6.07, 6.45) is 6.25. The maximum Gasteiger partial charge on any atom is 0.342 e. The Bertz CT molecular complexity index is 1340. The van der Waals surface area contributed by atoms with E-state index in [2.05, 4.69) is 39.6 Å². The summed E-state index contributed by atoms with van der Waals surface area (Å²) in [4.78, 5) is 30.1. The summed E-state index contributed by atoms with van der Waals surface area (Å²) in [5.41, 5.74) is 5.39. The third kappa shape index (κ3) is 4.74. The first kappa shape index (κ1) is 24.5. The van der Waals surface area contributed by atoms with Crippen molar-refractivity contribution in [2.24, 2.45) is 5.41 Å². The van der Waals surface area contributed by atoms with Gasteiger partial charge in [0.05, 0.1) is 11.9 Å². The fraction of sp³-hybridized carbons (Fsp3) is 0.414. The SMILES string of the molecule is Cc1ccc(Cc2cnn(C(=O)N[C@H]3COc4cc(N5CC6(CCOCC6)C5)ccc4N(C)C3=O)c2)cc1. The first-order valence-electron chi connectivity index (χ1n) is 13.2. The van der Waals surface area contributed by atoms with Crippen molar-refractivity contribution in [2.45, 2.75) is 32.2 Å². The molecule has 4 heterocycles. The second-order valence-corrected chi connectivity index (χ2v) is 10.8. The highest BCUT2D eigenvalue weighted by Crippen LogP contribution is 2.44. The average Bonchev–Trinajstić information content (AvgIpc) is 3.35. The standard InChI is InChI=1S/C29H33N5O4/c1-20-3-5-21(6-4-20)13-22-15-30-34(16-22)28(36)31-24-17-38-26-14-23(7-8-25(26)32(2)27(24)35)33-18-29(19-33)9-11-37-12-10-29/h3-8,14-16,24H,9-13,17-19H2,1-2H3,(H,31,36)/t24-/m0/s1. The fourth-order valence-corrected chi connectivity index (χ4v) is 5.58. The molecule has 9 heteroatoms. The van der Waals surface area contributed by atoms with Crippen molar-refractivity contribution in [3.63, 3.8) is 0 Å². The Balaban J connectivity index is 1.10. The number of carbonyl (C=O) groups excluding carboxylic acids is 2. The number of hydrogen-bond acceptors (Lipinski definition) is 6. The molecule has 1 spiro atoms. The van der Waals surface area contributed by atoms with Gasteiger partial charge in [-0.15, -0.1) is 0 Å². The van der Waals surface area contributed by atoms with Crippen molar-refractivity contribution in [1.29, 1.82) is 0 Å². The van der Waals surface area contributed by atoms with Gasteiger partial charge in [0.1, 0.15) is 18.4 Å². The number of anilines is 2. The van der Waals surface area contributed by atoms with Gasteiger partial charge in [-0.25, -0.2) is 4.79 Å². The Morgan fingerprint density at radius 3 is 2.63 bits per heavy atom. The highest BCUT2D eigenvalue weighted by molar-refractivity contribution is 6.00. The Morgan fingerprint density at radius 2 is 1.87 bits per heavy atom. The molecule has 198 valence electrons. The van der Waals surface area contributed by atoms with Gasteiger partial charge in [-0.3, -0.25) is 4.79 Å². The van der Waals surface area contributed by atoms with Gasteiger partial charge in [0, 0.05) is 63.1 Å². The van der Waals surface area contributed by atoms with Crippen LogP contribution in [0.15, 0.2) is 54.9 Å². The average molecular weight is 516 g/mol. The second-order valence-electron chi connectivity index (χ2n) is 10.8. The quantitative estimate of drug-likeness (QED) is 0.573. The number of aryl methyl sites for hydroxylation is 1. The lowest BCUT2D eigenvalue weighted by Crippen LogP contribution is -2.58. The van der Waals surface area contributed by atoms with Crippen LogP contribution in [-0.2, 0) is 16.0 Å². The van der Waals surface area contributed by atoms with Gasteiger partial charge in [0.25, 0.3) is 5.91 Å². The molecule has 1 aromatic heterocycles. The number of rotatable bonds is 4. The molecule has 0 saturated carbocycles. The second kappa shape index (κ2) is 9.79. The summed E-state index contributed by atoms with van der Waals surface area (Å²) < 4.78 is 12.8. The van der Waals surface area contributed by atoms with Crippen LogP contribution < -0.4 is 19.9 Å². The van der Waals surface area contributed by atoms with Crippen molar-refractivity contribution in [2.75, 3.05) is 49.8 Å². The van der Waals surface area contributed by atoms with E-state index in [-0.39, 0.29) is 12.5 Å². The Labute approximate surface area is 222 Å². The van der Waals surface area contributed by atoms with Crippen molar-refractivity contribution < 1.29 is 19.1 Å².